The highest BCUT2D eigenvalue weighted by Crippen LogP contribution is 2.26. The number of hydrogen-bond acceptors (Lipinski definition) is 2. The molecule has 1 aromatic carbocycles. The summed E-state index contributed by atoms with van der Waals surface area (Å²) >= 11 is 0. The van der Waals surface area contributed by atoms with E-state index in [4.69, 9.17) is 0 Å². The number of hydrogen-bond donors (Lipinski definition) is 1. The highest BCUT2D eigenvalue weighted by Gasteiger charge is 2.38. The number of carbonyl (C=O) groups excluding carboxylic acids is 1. The van der Waals surface area contributed by atoms with Crippen molar-refractivity contribution in [2.75, 3.05) is 6.54 Å². The molecule has 0 aromatic heterocycles. The third-order valence-corrected chi connectivity index (χ3v) is 3.37. The minimum absolute atomic E-state index is 0.0524. The molecular weight excluding hydrogens is 224 g/mol. The molecule has 18 heavy (non-hydrogen) atoms. The summed E-state index contributed by atoms with van der Waals surface area (Å²) in [7, 11) is 0. The maximum absolute atomic E-state index is 12.0. The molecule has 1 aromatic rings. The summed E-state index contributed by atoms with van der Waals surface area (Å²) in [6.45, 7) is 9.69. The Morgan fingerprint density at radius 2 is 1.89 bits per heavy atom. The van der Waals surface area contributed by atoms with Crippen molar-refractivity contribution in [3.05, 3.63) is 35.4 Å². The summed E-state index contributed by atoms with van der Waals surface area (Å²) in [6.07, 6.45) is 0.117. The number of aryl methyl sites for hydroxylation is 1. The van der Waals surface area contributed by atoms with Gasteiger partial charge in [0.15, 0.2) is 0 Å². The fourth-order valence-electron chi connectivity index (χ4n) is 2.38. The third kappa shape index (κ3) is 2.72. The van der Waals surface area contributed by atoms with Crippen LogP contribution in [0.4, 0.5) is 0 Å². The van der Waals surface area contributed by atoms with Gasteiger partial charge in [0.05, 0.1) is 12.7 Å². The molecule has 0 unspecified atom stereocenters. The first-order valence-electron chi connectivity index (χ1n) is 6.46. The molecule has 0 aliphatic carbocycles. The predicted molar refractivity (Wildman–Crippen MR) is 73.0 cm³/mol. The summed E-state index contributed by atoms with van der Waals surface area (Å²) < 4.78 is 0. The van der Waals surface area contributed by atoms with Crippen molar-refractivity contribution < 1.29 is 4.79 Å². The fourth-order valence-corrected chi connectivity index (χ4v) is 2.38. The van der Waals surface area contributed by atoms with Crippen molar-refractivity contribution in [2.45, 2.75) is 40.4 Å². The standard InChI is InChI=1S/C15H22N2O/c1-11-5-7-12(8-6-11)10-17-13(18)9-16-14(17)15(2,3)4/h5-8,14,16H,9-10H2,1-4H3/t14-/m0/s1. The lowest BCUT2D eigenvalue weighted by atomic mass is 9.91. The third-order valence-electron chi connectivity index (χ3n) is 3.37. The van der Waals surface area contributed by atoms with Gasteiger partial charge in [0.25, 0.3) is 0 Å². The topological polar surface area (TPSA) is 32.3 Å². The first-order chi connectivity index (χ1) is 8.38. The molecule has 1 saturated heterocycles. The van der Waals surface area contributed by atoms with Gasteiger partial charge in [0, 0.05) is 6.54 Å². The monoisotopic (exact) mass is 246 g/mol. The van der Waals surface area contributed by atoms with Crippen LogP contribution in [0.1, 0.15) is 31.9 Å². The maximum Gasteiger partial charge on any atom is 0.238 e. The number of amides is 1. The number of nitrogens with one attached hydrogen (secondary N) is 1. The van der Waals surface area contributed by atoms with Crippen LogP contribution in [0.3, 0.4) is 0 Å². The molecule has 1 amide bonds. The van der Waals surface area contributed by atoms with Crippen LogP contribution in [0.5, 0.6) is 0 Å². The van der Waals surface area contributed by atoms with Crippen LogP contribution in [-0.2, 0) is 11.3 Å². The predicted octanol–water partition coefficient (Wildman–Crippen LogP) is 2.30. The second-order valence-corrected chi connectivity index (χ2v) is 6.16. The van der Waals surface area contributed by atoms with Gasteiger partial charge < -0.3 is 4.90 Å². The molecule has 98 valence electrons. The fraction of sp³-hybridized carbons (Fsp3) is 0.533. The first-order valence-corrected chi connectivity index (χ1v) is 6.46. The van der Waals surface area contributed by atoms with Gasteiger partial charge in [-0.15, -0.1) is 0 Å². The highest BCUT2D eigenvalue weighted by molar-refractivity contribution is 5.80. The van der Waals surface area contributed by atoms with Gasteiger partial charge in [-0.05, 0) is 17.9 Å². The van der Waals surface area contributed by atoms with Gasteiger partial charge in [-0.2, -0.15) is 0 Å². The highest BCUT2D eigenvalue weighted by atomic mass is 16.2. The Balaban J connectivity index is 2.15. The minimum Gasteiger partial charge on any atom is -0.321 e. The van der Waals surface area contributed by atoms with E-state index >= 15 is 0 Å². The molecule has 1 heterocycles. The number of benzene rings is 1. The zero-order valence-corrected chi connectivity index (χ0v) is 11.7. The molecule has 0 saturated carbocycles. The Labute approximate surface area is 109 Å². The Hall–Kier alpha value is -1.35. The summed E-state index contributed by atoms with van der Waals surface area (Å²) in [6, 6.07) is 8.38. The van der Waals surface area contributed by atoms with E-state index in [1.54, 1.807) is 0 Å². The Morgan fingerprint density at radius 3 is 2.44 bits per heavy atom. The Morgan fingerprint density at radius 1 is 1.28 bits per heavy atom. The molecule has 1 N–H and O–H groups in total. The summed E-state index contributed by atoms with van der Waals surface area (Å²) in [5.74, 6) is 0.190. The summed E-state index contributed by atoms with van der Waals surface area (Å²) in [4.78, 5) is 13.9. The Bertz CT molecular complexity index is 431. The second kappa shape index (κ2) is 4.73. The van der Waals surface area contributed by atoms with E-state index in [0.717, 1.165) is 0 Å². The van der Waals surface area contributed by atoms with Gasteiger partial charge in [-0.3, -0.25) is 10.1 Å². The van der Waals surface area contributed by atoms with Crippen molar-refractivity contribution in [3.63, 3.8) is 0 Å². The molecule has 3 nitrogen and oxygen atoms in total. The van der Waals surface area contributed by atoms with E-state index in [1.807, 2.05) is 4.90 Å². The minimum atomic E-state index is 0.0524. The lowest BCUT2D eigenvalue weighted by Gasteiger charge is -2.34. The van der Waals surface area contributed by atoms with Crippen molar-refractivity contribution in [1.82, 2.24) is 10.2 Å². The average molecular weight is 246 g/mol. The van der Waals surface area contributed by atoms with Crippen molar-refractivity contribution >= 4 is 5.91 Å². The van der Waals surface area contributed by atoms with E-state index in [0.29, 0.717) is 13.1 Å². The van der Waals surface area contributed by atoms with Gasteiger partial charge in [-0.1, -0.05) is 50.6 Å². The zero-order valence-electron chi connectivity index (χ0n) is 11.7. The van der Waals surface area contributed by atoms with Gasteiger partial charge in [0.2, 0.25) is 5.91 Å². The molecule has 1 fully saturated rings. The smallest absolute Gasteiger partial charge is 0.238 e. The zero-order chi connectivity index (χ0) is 13.3. The summed E-state index contributed by atoms with van der Waals surface area (Å²) in [5.41, 5.74) is 2.49. The normalized spacial score (nSPS) is 20.6. The number of rotatable bonds is 2. The molecule has 0 spiro atoms. The molecule has 0 bridgehead atoms. The second-order valence-electron chi connectivity index (χ2n) is 6.16. The average Bonchev–Trinajstić information content (AvgIpc) is 2.63. The molecule has 3 heteroatoms. The summed E-state index contributed by atoms with van der Waals surface area (Å²) in [5, 5.41) is 3.30. The Kier molecular flexibility index (Phi) is 3.44. The maximum atomic E-state index is 12.0. The van der Waals surface area contributed by atoms with Crippen LogP contribution < -0.4 is 5.32 Å². The van der Waals surface area contributed by atoms with Gasteiger partial charge in [0.1, 0.15) is 0 Å². The van der Waals surface area contributed by atoms with Crippen LogP contribution in [0.2, 0.25) is 0 Å². The molecule has 2 rings (SSSR count). The van der Waals surface area contributed by atoms with E-state index in [1.165, 1.54) is 11.1 Å². The van der Waals surface area contributed by atoms with Gasteiger partial charge in [-0.25, -0.2) is 0 Å². The largest absolute Gasteiger partial charge is 0.321 e. The van der Waals surface area contributed by atoms with Crippen molar-refractivity contribution in [1.29, 1.82) is 0 Å². The first kappa shape index (κ1) is 13.1. The van der Waals surface area contributed by atoms with Crippen LogP contribution in [-0.4, -0.2) is 23.5 Å². The molecule has 1 atom stereocenters. The van der Waals surface area contributed by atoms with E-state index in [9.17, 15) is 4.79 Å². The lowest BCUT2D eigenvalue weighted by molar-refractivity contribution is -0.130. The van der Waals surface area contributed by atoms with Crippen LogP contribution in [0, 0.1) is 12.3 Å². The number of carbonyl (C=O) groups is 1. The van der Waals surface area contributed by atoms with E-state index in [-0.39, 0.29) is 17.5 Å². The van der Waals surface area contributed by atoms with Crippen LogP contribution in [0.25, 0.3) is 0 Å². The van der Waals surface area contributed by atoms with E-state index in [2.05, 4.69) is 57.3 Å². The van der Waals surface area contributed by atoms with Gasteiger partial charge >= 0.3 is 0 Å². The van der Waals surface area contributed by atoms with Crippen molar-refractivity contribution in [2.24, 2.45) is 5.41 Å². The van der Waals surface area contributed by atoms with Crippen molar-refractivity contribution in [3.8, 4) is 0 Å². The lowest BCUT2D eigenvalue weighted by Crippen LogP contribution is -2.46. The number of nitrogens with zero attached hydrogens (tertiary/aromatic N) is 1. The van der Waals surface area contributed by atoms with Crippen LogP contribution in [0.15, 0.2) is 24.3 Å². The molecule has 1 aliphatic heterocycles. The SMILES string of the molecule is Cc1ccc(CN2C(=O)CN[C@@H]2C(C)(C)C)cc1. The quantitative estimate of drug-likeness (QED) is 0.868. The molecular formula is C15H22N2O. The molecule has 1 aliphatic rings. The van der Waals surface area contributed by atoms with Crippen LogP contribution >= 0.6 is 0 Å². The van der Waals surface area contributed by atoms with E-state index < -0.39 is 0 Å². The molecule has 0 radical (unpaired) electrons.